The Balaban J connectivity index is 1.69. The fourth-order valence-electron chi connectivity index (χ4n) is 3.54. The number of hydrogen-bond acceptors (Lipinski definition) is 3. The average molecular weight is 322 g/mol. The van der Waals surface area contributed by atoms with E-state index >= 15 is 0 Å². The fourth-order valence-corrected chi connectivity index (χ4v) is 4.95. The van der Waals surface area contributed by atoms with Crippen LogP contribution in [-0.4, -0.2) is 16.9 Å². The number of hydrogen-bond donors (Lipinski definition) is 2. The van der Waals surface area contributed by atoms with Crippen molar-refractivity contribution in [2.24, 2.45) is 11.7 Å². The molecule has 2 aliphatic carbocycles. The Bertz CT molecular complexity index is 525. The molecule has 3 N–H and O–H groups in total. The molecule has 1 heterocycles. The molecule has 0 aliphatic heterocycles. The van der Waals surface area contributed by atoms with E-state index in [2.05, 4.69) is 11.4 Å². The van der Waals surface area contributed by atoms with Gasteiger partial charge in [0, 0.05) is 4.88 Å². The van der Waals surface area contributed by atoms with Gasteiger partial charge in [-0.25, -0.2) is 0 Å². The van der Waals surface area contributed by atoms with Gasteiger partial charge >= 0.3 is 0 Å². The molecule has 0 bridgehead atoms. The monoisotopic (exact) mass is 322 g/mol. The van der Waals surface area contributed by atoms with Crippen LogP contribution in [0.3, 0.4) is 0 Å². The highest BCUT2D eigenvalue weighted by Gasteiger charge is 2.28. The van der Waals surface area contributed by atoms with E-state index in [0.717, 1.165) is 30.6 Å². The Kier molecular flexibility index (Phi) is 4.60. The summed E-state index contributed by atoms with van der Waals surface area (Å²) >= 11 is 6.83. The zero-order valence-corrected chi connectivity index (χ0v) is 13.8. The molecule has 0 spiro atoms. The second-order valence-electron chi connectivity index (χ2n) is 6.16. The van der Waals surface area contributed by atoms with Crippen molar-refractivity contribution >= 4 is 34.5 Å². The molecule has 1 fully saturated rings. The number of thiophene rings is 1. The number of rotatable bonds is 4. The van der Waals surface area contributed by atoms with Gasteiger partial charge in [0.25, 0.3) is 5.91 Å². The fraction of sp³-hybridized carbons (Fsp3) is 0.625. The number of amides is 1. The molecule has 1 aromatic heterocycles. The van der Waals surface area contributed by atoms with E-state index in [0.29, 0.717) is 10.9 Å². The predicted molar refractivity (Wildman–Crippen MR) is 91.0 cm³/mol. The molecule has 114 valence electrons. The number of thiocarbonyl (C=S) groups is 1. The van der Waals surface area contributed by atoms with Crippen LogP contribution < -0.4 is 11.1 Å². The van der Waals surface area contributed by atoms with Gasteiger partial charge < -0.3 is 11.1 Å². The first kappa shape index (κ1) is 15.0. The molecule has 0 radical (unpaired) electrons. The third kappa shape index (κ3) is 3.29. The molecule has 1 aromatic rings. The molecule has 1 unspecified atom stereocenters. The summed E-state index contributed by atoms with van der Waals surface area (Å²) in [5.41, 5.74) is 7.24. The minimum Gasteiger partial charge on any atom is -0.392 e. The zero-order valence-electron chi connectivity index (χ0n) is 12.2. The van der Waals surface area contributed by atoms with Gasteiger partial charge in [0.05, 0.1) is 15.9 Å². The van der Waals surface area contributed by atoms with E-state index < -0.39 is 0 Å². The second kappa shape index (κ2) is 6.44. The van der Waals surface area contributed by atoms with Crippen molar-refractivity contribution in [1.29, 1.82) is 0 Å². The van der Waals surface area contributed by atoms with Gasteiger partial charge in [-0.2, -0.15) is 0 Å². The molecule has 2 aliphatic rings. The van der Waals surface area contributed by atoms with Crippen LogP contribution in [0.4, 0.5) is 0 Å². The van der Waals surface area contributed by atoms with Crippen LogP contribution in [0.2, 0.25) is 0 Å². The number of carbonyl (C=O) groups excluding carboxylic acids is 1. The van der Waals surface area contributed by atoms with E-state index in [1.807, 2.05) is 0 Å². The van der Waals surface area contributed by atoms with Crippen molar-refractivity contribution in [3.63, 3.8) is 0 Å². The van der Waals surface area contributed by atoms with E-state index in [4.69, 9.17) is 18.0 Å². The lowest BCUT2D eigenvalue weighted by atomic mass is 9.84. The highest BCUT2D eigenvalue weighted by atomic mass is 32.1. The molecule has 1 atom stereocenters. The number of carbonyl (C=O) groups is 1. The van der Waals surface area contributed by atoms with Crippen molar-refractivity contribution in [1.82, 2.24) is 5.32 Å². The third-order valence-electron chi connectivity index (χ3n) is 4.68. The van der Waals surface area contributed by atoms with Gasteiger partial charge in [-0.3, -0.25) is 4.79 Å². The Morgan fingerprint density at radius 3 is 2.71 bits per heavy atom. The van der Waals surface area contributed by atoms with E-state index in [1.165, 1.54) is 36.1 Å². The molecule has 1 amide bonds. The second-order valence-corrected chi connectivity index (χ2v) is 7.77. The summed E-state index contributed by atoms with van der Waals surface area (Å²) in [6, 6.07) is 1.91. The summed E-state index contributed by atoms with van der Waals surface area (Å²) in [6.07, 6.45) is 9.40. The van der Waals surface area contributed by atoms with E-state index in [9.17, 15) is 4.79 Å². The Morgan fingerprint density at radius 2 is 2.05 bits per heavy atom. The lowest BCUT2D eigenvalue weighted by molar-refractivity contribution is 0.0936. The van der Waals surface area contributed by atoms with Gasteiger partial charge in [-0.15, -0.1) is 11.3 Å². The zero-order chi connectivity index (χ0) is 14.8. The Labute approximate surface area is 135 Å². The maximum atomic E-state index is 12.5. The first-order valence-electron chi connectivity index (χ1n) is 7.87. The number of aryl methyl sites for hydroxylation is 2. The first-order chi connectivity index (χ1) is 10.1. The van der Waals surface area contributed by atoms with Crippen LogP contribution in [0, 0.1) is 5.92 Å². The van der Waals surface area contributed by atoms with Crippen molar-refractivity contribution in [3.8, 4) is 0 Å². The van der Waals surface area contributed by atoms with Crippen molar-refractivity contribution < 1.29 is 4.79 Å². The summed E-state index contributed by atoms with van der Waals surface area (Å²) in [4.78, 5) is 15.1. The molecule has 21 heavy (non-hydrogen) atoms. The smallest absolute Gasteiger partial charge is 0.261 e. The number of nitrogens with one attached hydrogen (secondary N) is 1. The van der Waals surface area contributed by atoms with E-state index in [1.54, 1.807) is 11.3 Å². The normalized spacial score (nSPS) is 20.0. The summed E-state index contributed by atoms with van der Waals surface area (Å²) in [5, 5.41) is 3.10. The van der Waals surface area contributed by atoms with Crippen molar-refractivity contribution in [3.05, 3.63) is 21.4 Å². The largest absolute Gasteiger partial charge is 0.392 e. The van der Waals surface area contributed by atoms with Gasteiger partial charge in [0.2, 0.25) is 0 Å². The Morgan fingerprint density at radius 1 is 1.29 bits per heavy atom. The SMILES string of the molecule is NC(=S)C(NC(=O)c1cc2c(s1)CCC2)C1CCCCC1. The lowest BCUT2D eigenvalue weighted by Gasteiger charge is -2.30. The quantitative estimate of drug-likeness (QED) is 0.837. The first-order valence-corrected chi connectivity index (χ1v) is 9.09. The van der Waals surface area contributed by atoms with Crippen LogP contribution in [0.5, 0.6) is 0 Å². The maximum Gasteiger partial charge on any atom is 0.261 e. The molecule has 5 heteroatoms. The molecular formula is C16H22N2OS2. The molecule has 1 saturated carbocycles. The molecule has 3 nitrogen and oxygen atoms in total. The third-order valence-corrected chi connectivity index (χ3v) is 6.17. The molecular weight excluding hydrogens is 300 g/mol. The number of nitrogens with two attached hydrogens (primary N) is 1. The van der Waals surface area contributed by atoms with Gasteiger partial charge in [-0.1, -0.05) is 31.5 Å². The summed E-state index contributed by atoms with van der Waals surface area (Å²) < 4.78 is 0. The molecule has 0 saturated heterocycles. The average Bonchev–Trinajstić information content (AvgIpc) is 3.06. The maximum absolute atomic E-state index is 12.5. The predicted octanol–water partition coefficient (Wildman–Crippen LogP) is 3.20. The topological polar surface area (TPSA) is 55.1 Å². The minimum absolute atomic E-state index is 0.00206. The minimum atomic E-state index is -0.148. The Hall–Kier alpha value is -0.940. The van der Waals surface area contributed by atoms with Crippen LogP contribution in [-0.2, 0) is 12.8 Å². The van der Waals surface area contributed by atoms with Gasteiger partial charge in [0.15, 0.2) is 0 Å². The number of fused-ring (bicyclic) bond motifs is 1. The highest BCUT2D eigenvalue weighted by molar-refractivity contribution is 7.80. The highest BCUT2D eigenvalue weighted by Crippen LogP contribution is 2.31. The lowest BCUT2D eigenvalue weighted by Crippen LogP contribution is -2.48. The standard InChI is InChI=1S/C16H22N2OS2/c17-15(20)14(10-5-2-1-3-6-10)18-16(19)13-9-11-7-4-8-12(11)21-13/h9-10,14H,1-8H2,(H2,17,20)(H,18,19). The van der Waals surface area contributed by atoms with Crippen LogP contribution in [0.15, 0.2) is 6.07 Å². The van der Waals surface area contributed by atoms with Crippen LogP contribution >= 0.6 is 23.6 Å². The van der Waals surface area contributed by atoms with Crippen LogP contribution in [0.25, 0.3) is 0 Å². The van der Waals surface area contributed by atoms with E-state index in [-0.39, 0.29) is 11.9 Å². The molecule has 3 rings (SSSR count). The van der Waals surface area contributed by atoms with Gasteiger partial charge in [0.1, 0.15) is 0 Å². The summed E-state index contributed by atoms with van der Waals surface area (Å²) in [7, 11) is 0. The molecule has 0 aromatic carbocycles. The van der Waals surface area contributed by atoms with Crippen LogP contribution in [0.1, 0.15) is 58.6 Å². The van der Waals surface area contributed by atoms with Gasteiger partial charge in [-0.05, 0) is 49.7 Å². The summed E-state index contributed by atoms with van der Waals surface area (Å²) in [5.74, 6) is 0.407. The van der Waals surface area contributed by atoms with Crippen molar-refractivity contribution in [2.75, 3.05) is 0 Å². The summed E-state index contributed by atoms with van der Waals surface area (Å²) in [6.45, 7) is 0. The van der Waals surface area contributed by atoms with Crippen molar-refractivity contribution in [2.45, 2.75) is 57.4 Å².